The molecule has 0 bridgehead atoms. The van der Waals surface area contributed by atoms with E-state index < -0.39 is 12.1 Å². The predicted octanol–water partition coefficient (Wildman–Crippen LogP) is 2.85. The Balaban J connectivity index is 1.99. The van der Waals surface area contributed by atoms with E-state index in [2.05, 4.69) is 0 Å². The number of hydrogen-bond donors (Lipinski definition) is 1. The number of rotatable bonds is 6. The van der Waals surface area contributed by atoms with E-state index in [1.54, 1.807) is 20.9 Å². The van der Waals surface area contributed by atoms with E-state index in [0.29, 0.717) is 11.5 Å². The first-order valence-corrected chi connectivity index (χ1v) is 7.27. The van der Waals surface area contributed by atoms with Gasteiger partial charge in [-0.1, -0.05) is 0 Å². The van der Waals surface area contributed by atoms with Crippen molar-refractivity contribution in [3.05, 3.63) is 53.2 Å². The summed E-state index contributed by atoms with van der Waals surface area (Å²) in [5.41, 5.74) is 0.0708. The summed E-state index contributed by atoms with van der Waals surface area (Å²) in [6, 6.07) is 6.76. The first kappa shape index (κ1) is 17.5. The van der Waals surface area contributed by atoms with Crippen molar-refractivity contribution in [2.75, 3.05) is 7.05 Å². The smallest absolute Gasteiger partial charge is 0.339 e. The second-order valence-electron chi connectivity index (χ2n) is 5.40. The van der Waals surface area contributed by atoms with Crippen molar-refractivity contribution in [2.24, 2.45) is 0 Å². The highest BCUT2D eigenvalue weighted by Gasteiger charge is 2.22. The van der Waals surface area contributed by atoms with Crippen LogP contribution in [0.1, 0.15) is 28.8 Å². The van der Waals surface area contributed by atoms with Crippen molar-refractivity contribution in [1.82, 2.24) is 4.90 Å². The summed E-state index contributed by atoms with van der Waals surface area (Å²) in [5.74, 6) is -0.744. The van der Waals surface area contributed by atoms with Gasteiger partial charge in [-0.05, 0) is 44.2 Å². The van der Waals surface area contributed by atoms with Crippen LogP contribution < -0.4 is 4.74 Å². The summed E-state index contributed by atoms with van der Waals surface area (Å²) in [6.07, 6.45) is -0.782. The van der Waals surface area contributed by atoms with E-state index in [-0.39, 0.29) is 29.6 Å². The van der Waals surface area contributed by atoms with Gasteiger partial charge in [0.15, 0.2) is 6.10 Å². The molecular formula is C17H18FNO5. The molecule has 1 heterocycles. The highest BCUT2D eigenvalue weighted by Crippen LogP contribution is 2.17. The largest absolute Gasteiger partial charge is 0.481 e. The van der Waals surface area contributed by atoms with Crippen LogP contribution in [0.25, 0.3) is 0 Å². The molecule has 6 nitrogen and oxygen atoms in total. The maximum Gasteiger partial charge on any atom is 0.339 e. The van der Waals surface area contributed by atoms with Gasteiger partial charge in [-0.15, -0.1) is 0 Å². The molecule has 0 radical (unpaired) electrons. The maximum atomic E-state index is 12.9. The molecule has 7 heteroatoms. The average molecular weight is 335 g/mol. The lowest BCUT2D eigenvalue weighted by Gasteiger charge is -2.21. The lowest BCUT2D eigenvalue weighted by molar-refractivity contribution is -0.137. The second kappa shape index (κ2) is 7.16. The summed E-state index contributed by atoms with van der Waals surface area (Å²) < 4.78 is 23.7. The normalized spacial score (nSPS) is 11.8. The molecule has 0 aliphatic carbocycles. The number of carboxylic acid groups (broad SMARTS) is 1. The summed E-state index contributed by atoms with van der Waals surface area (Å²) in [5, 5.41) is 9.01. The molecule has 0 aliphatic rings. The molecule has 1 atom stereocenters. The highest BCUT2D eigenvalue weighted by molar-refractivity contribution is 5.88. The van der Waals surface area contributed by atoms with Gasteiger partial charge in [0.1, 0.15) is 28.7 Å². The molecule has 1 unspecified atom stereocenters. The minimum atomic E-state index is -1.08. The van der Waals surface area contributed by atoms with Gasteiger partial charge in [-0.3, -0.25) is 4.79 Å². The molecule has 1 amide bonds. The fourth-order valence-corrected chi connectivity index (χ4v) is 2.22. The Hall–Kier alpha value is -2.83. The molecule has 0 saturated carbocycles. The molecule has 128 valence electrons. The number of likely N-dealkylation sites (N-methyl/N-ethyl adjacent to an activating group) is 1. The zero-order valence-electron chi connectivity index (χ0n) is 13.6. The van der Waals surface area contributed by atoms with Gasteiger partial charge in [0, 0.05) is 7.05 Å². The molecular weight excluding hydrogens is 317 g/mol. The topological polar surface area (TPSA) is 80.0 Å². The van der Waals surface area contributed by atoms with Crippen LogP contribution in [-0.4, -0.2) is 35.0 Å². The Morgan fingerprint density at radius 2 is 1.96 bits per heavy atom. The number of carboxylic acids is 1. The van der Waals surface area contributed by atoms with Crippen LogP contribution in [0.15, 0.2) is 34.7 Å². The van der Waals surface area contributed by atoms with Crippen molar-refractivity contribution in [2.45, 2.75) is 26.5 Å². The van der Waals surface area contributed by atoms with Crippen molar-refractivity contribution < 1.29 is 28.2 Å². The maximum absolute atomic E-state index is 12.9. The van der Waals surface area contributed by atoms with Gasteiger partial charge in [-0.25, -0.2) is 9.18 Å². The molecule has 0 spiro atoms. The number of carbonyl (C=O) groups is 2. The van der Waals surface area contributed by atoms with Crippen LogP contribution in [0.3, 0.4) is 0 Å². The van der Waals surface area contributed by atoms with Crippen LogP contribution in [0.4, 0.5) is 4.39 Å². The molecule has 1 N–H and O–H groups in total. The van der Waals surface area contributed by atoms with Crippen molar-refractivity contribution >= 4 is 11.9 Å². The van der Waals surface area contributed by atoms with E-state index in [1.165, 1.54) is 35.2 Å². The number of hydrogen-bond acceptors (Lipinski definition) is 4. The number of nitrogens with zero attached hydrogens (tertiary/aromatic N) is 1. The van der Waals surface area contributed by atoms with Gasteiger partial charge in [-0.2, -0.15) is 0 Å². The minimum Gasteiger partial charge on any atom is -0.481 e. The molecule has 1 aromatic carbocycles. The Kier molecular flexibility index (Phi) is 5.23. The SMILES string of the molecule is Cc1oc(CN(C)C(=O)C(C)Oc2ccc(F)cc2)cc1C(=O)O. The Labute approximate surface area is 138 Å². The van der Waals surface area contributed by atoms with Gasteiger partial charge >= 0.3 is 5.97 Å². The van der Waals surface area contributed by atoms with Crippen LogP contribution in [0.2, 0.25) is 0 Å². The number of halogens is 1. The predicted molar refractivity (Wildman–Crippen MR) is 83.4 cm³/mol. The van der Waals surface area contributed by atoms with Crippen LogP contribution >= 0.6 is 0 Å². The van der Waals surface area contributed by atoms with Crippen LogP contribution in [-0.2, 0) is 11.3 Å². The highest BCUT2D eigenvalue weighted by atomic mass is 19.1. The van der Waals surface area contributed by atoms with E-state index in [1.807, 2.05) is 0 Å². The summed E-state index contributed by atoms with van der Waals surface area (Å²) >= 11 is 0. The average Bonchev–Trinajstić information content (AvgIpc) is 2.89. The summed E-state index contributed by atoms with van der Waals surface area (Å²) in [6.45, 7) is 3.25. The van der Waals surface area contributed by atoms with E-state index in [0.717, 1.165) is 0 Å². The van der Waals surface area contributed by atoms with E-state index in [4.69, 9.17) is 14.3 Å². The van der Waals surface area contributed by atoms with Crippen molar-refractivity contribution in [1.29, 1.82) is 0 Å². The third-order valence-electron chi connectivity index (χ3n) is 3.44. The molecule has 2 aromatic rings. The fourth-order valence-electron chi connectivity index (χ4n) is 2.22. The quantitative estimate of drug-likeness (QED) is 0.878. The third-order valence-corrected chi connectivity index (χ3v) is 3.44. The van der Waals surface area contributed by atoms with Gasteiger partial charge in [0.2, 0.25) is 0 Å². The number of furan rings is 1. The lowest BCUT2D eigenvalue weighted by Crippen LogP contribution is -2.37. The van der Waals surface area contributed by atoms with Gasteiger partial charge in [0.25, 0.3) is 5.91 Å². The van der Waals surface area contributed by atoms with Crippen LogP contribution in [0, 0.1) is 12.7 Å². The van der Waals surface area contributed by atoms with Crippen molar-refractivity contribution in [3.8, 4) is 5.75 Å². The Morgan fingerprint density at radius 1 is 1.33 bits per heavy atom. The standard InChI is InChI=1S/C17H18FNO5/c1-10-15(17(21)22)8-14(23-10)9-19(3)16(20)11(2)24-13-6-4-12(18)5-7-13/h4-8,11H,9H2,1-3H3,(H,21,22). The number of benzene rings is 1. The Morgan fingerprint density at radius 3 is 2.50 bits per heavy atom. The molecule has 1 aromatic heterocycles. The van der Waals surface area contributed by atoms with Gasteiger partial charge < -0.3 is 19.2 Å². The third kappa shape index (κ3) is 4.13. The number of ether oxygens (including phenoxy) is 1. The first-order chi connectivity index (χ1) is 11.3. The molecule has 0 aliphatic heterocycles. The summed E-state index contributed by atoms with van der Waals surface area (Å²) in [7, 11) is 1.56. The molecule has 0 fully saturated rings. The number of carbonyl (C=O) groups excluding carboxylic acids is 1. The minimum absolute atomic E-state index is 0.0708. The Bertz CT molecular complexity index is 738. The van der Waals surface area contributed by atoms with Crippen LogP contribution in [0.5, 0.6) is 5.75 Å². The van der Waals surface area contributed by atoms with Gasteiger partial charge in [0.05, 0.1) is 6.54 Å². The second-order valence-corrected chi connectivity index (χ2v) is 5.40. The molecule has 0 saturated heterocycles. The summed E-state index contributed by atoms with van der Waals surface area (Å²) in [4.78, 5) is 24.7. The first-order valence-electron chi connectivity index (χ1n) is 7.27. The lowest BCUT2D eigenvalue weighted by atomic mass is 10.2. The fraction of sp³-hybridized carbons (Fsp3) is 0.294. The molecule has 2 rings (SSSR count). The zero-order chi connectivity index (χ0) is 17.9. The number of aryl methyl sites for hydroxylation is 1. The number of aromatic carboxylic acids is 1. The monoisotopic (exact) mass is 335 g/mol. The number of amides is 1. The zero-order valence-corrected chi connectivity index (χ0v) is 13.6. The molecule has 24 heavy (non-hydrogen) atoms. The van der Waals surface area contributed by atoms with E-state index >= 15 is 0 Å². The van der Waals surface area contributed by atoms with Crippen molar-refractivity contribution in [3.63, 3.8) is 0 Å². The van der Waals surface area contributed by atoms with E-state index in [9.17, 15) is 14.0 Å².